The second kappa shape index (κ2) is 4.85. The number of pyridine rings is 1. The standard InChI is InChI=1S/C11H14N4O/c1-8-5-9(7-13-6-8)11-14-10(15-16-11)3-4-12-2/h5-7,12H,3-4H2,1-2H3. The predicted octanol–water partition coefficient (Wildman–Crippen LogP) is 1.20. The van der Waals surface area contributed by atoms with Crippen molar-refractivity contribution in [3.05, 3.63) is 29.8 Å². The Hall–Kier alpha value is -1.75. The number of nitrogens with zero attached hydrogens (tertiary/aromatic N) is 3. The number of aromatic nitrogens is 3. The molecule has 0 fully saturated rings. The molecule has 1 N–H and O–H groups in total. The SMILES string of the molecule is CNCCc1noc(-c2cncc(C)c2)n1. The molecular weight excluding hydrogens is 204 g/mol. The predicted molar refractivity (Wildman–Crippen MR) is 59.9 cm³/mol. The first-order valence-corrected chi connectivity index (χ1v) is 5.19. The van der Waals surface area contributed by atoms with Gasteiger partial charge in [-0.05, 0) is 25.6 Å². The zero-order valence-corrected chi connectivity index (χ0v) is 9.40. The summed E-state index contributed by atoms with van der Waals surface area (Å²) in [5.41, 5.74) is 1.94. The smallest absolute Gasteiger partial charge is 0.259 e. The van der Waals surface area contributed by atoms with E-state index in [0.717, 1.165) is 24.1 Å². The van der Waals surface area contributed by atoms with Crippen LogP contribution in [-0.2, 0) is 6.42 Å². The lowest BCUT2D eigenvalue weighted by Gasteiger charge is -1.94. The Balaban J connectivity index is 2.18. The first kappa shape index (κ1) is 10.8. The molecule has 0 unspecified atom stereocenters. The minimum Gasteiger partial charge on any atom is -0.334 e. The summed E-state index contributed by atoms with van der Waals surface area (Å²) in [4.78, 5) is 8.39. The number of hydrogen-bond acceptors (Lipinski definition) is 5. The molecule has 0 aromatic carbocycles. The third-order valence-electron chi connectivity index (χ3n) is 2.19. The molecule has 0 radical (unpaired) electrons. The monoisotopic (exact) mass is 218 g/mol. The van der Waals surface area contributed by atoms with Crippen molar-refractivity contribution in [3.63, 3.8) is 0 Å². The van der Waals surface area contributed by atoms with E-state index in [1.165, 1.54) is 0 Å². The summed E-state index contributed by atoms with van der Waals surface area (Å²) in [6.07, 6.45) is 4.28. The molecule has 0 saturated heterocycles. The van der Waals surface area contributed by atoms with Crippen molar-refractivity contribution in [2.24, 2.45) is 0 Å². The quantitative estimate of drug-likeness (QED) is 0.835. The van der Waals surface area contributed by atoms with Gasteiger partial charge in [-0.25, -0.2) is 0 Å². The van der Waals surface area contributed by atoms with Gasteiger partial charge in [0.2, 0.25) is 0 Å². The van der Waals surface area contributed by atoms with E-state index in [2.05, 4.69) is 20.4 Å². The van der Waals surface area contributed by atoms with Gasteiger partial charge in [-0.15, -0.1) is 0 Å². The topological polar surface area (TPSA) is 63.8 Å². The van der Waals surface area contributed by atoms with Gasteiger partial charge < -0.3 is 9.84 Å². The van der Waals surface area contributed by atoms with Crippen LogP contribution in [0.3, 0.4) is 0 Å². The highest BCUT2D eigenvalue weighted by Crippen LogP contribution is 2.16. The summed E-state index contributed by atoms with van der Waals surface area (Å²) in [7, 11) is 1.89. The average molecular weight is 218 g/mol. The molecule has 0 aliphatic heterocycles. The maximum Gasteiger partial charge on any atom is 0.259 e. The highest BCUT2D eigenvalue weighted by Gasteiger charge is 2.08. The third kappa shape index (κ3) is 2.43. The molecule has 2 aromatic heterocycles. The Morgan fingerprint density at radius 1 is 1.38 bits per heavy atom. The molecule has 0 saturated carbocycles. The van der Waals surface area contributed by atoms with Crippen LogP contribution in [0.15, 0.2) is 23.0 Å². The van der Waals surface area contributed by atoms with E-state index in [1.807, 2.05) is 20.0 Å². The molecule has 2 heterocycles. The molecule has 2 aromatic rings. The third-order valence-corrected chi connectivity index (χ3v) is 2.19. The first-order chi connectivity index (χ1) is 7.79. The van der Waals surface area contributed by atoms with Crippen LogP contribution < -0.4 is 5.32 Å². The zero-order valence-electron chi connectivity index (χ0n) is 9.40. The van der Waals surface area contributed by atoms with E-state index < -0.39 is 0 Å². The van der Waals surface area contributed by atoms with Crippen LogP contribution >= 0.6 is 0 Å². The highest BCUT2D eigenvalue weighted by atomic mass is 16.5. The van der Waals surface area contributed by atoms with Gasteiger partial charge in [0.25, 0.3) is 5.89 Å². The van der Waals surface area contributed by atoms with Crippen molar-refractivity contribution in [1.29, 1.82) is 0 Å². The molecule has 2 rings (SSSR count). The van der Waals surface area contributed by atoms with E-state index in [0.29, 0.717) is 11.7 Å². The highest BCUT2D eigenvalue weighted by molar-refractivity contribution is 5.51. The zero-order chi connectivity index (χ0) is 11.4. The molecule has 0 aliphatic rings. The minimum absolute atomic E-state index is 0.530. The van der Waals surface area contributed by atoms with Crippen LogP contribution in [-0.4, -0.2) is 28.7 Å². The lowest BCUT2D eigenvalue weighted by Crippen LogP contribution is -2.10. The maximum absolute atomic E-state index is 5.17. The summed E-state index contributed by atoms with van der Waals surface area (Å²) in [6.45, 7) is 2.82. The maximum atomic E-state index is 5.17. The average Bonchev–Trinajstić information content (AvgIpc) is 2.75. The van der Waals surface area contributed by atoms with Crippen LogP contribution in [0.2, 0.25) is 0 Å². The number of aryl methyl sites for hydroxylation is 1. The fraction of sp³-hybridized carbons (Fsp3) is 0.364. The van der Waals surface area contributed by atoms with E-state index >= 15 is 0 Å². The van der Waals surface area contributed by atoms with Crippen molar-refractivity contribution in [2.45, 2.75) is 13.3 Å². The summed E-state index contributed by atoms with van der Waals surface area (Å²) >= 11 is 0. The molecule has 0 atom stereocenters. The van der Waals surface area contributed by atoms with Crippen molar-refractivity contribution in [2.75, 3.05) is 13.6 Å². The van der Waals surface area contributed by atoms with Crippen LogP contribution in [0.5, 0.6) is 0 Å². The van der Waals surface area contributed by atoms with Crippen LogP contribution in [0.25, 0.3) is 11.5 Å². The van der Waals surface area contributed by atoms with Gasteiger partial charge in [0, 0.05) is 25.4 Å². The van der Waals surface area contributed by atoms with Crippen molar-refractivity contribution >= 4 is 0 Å². The largest absolute Gasteiger partial charge is 0.334 e. The molecule has 0 aliphatic carbocycles. The van der Waals surface area contributed by atoms with Gasteiger partial charge >= 0.3 is 0 Å². The molecule has 5 nitrogen and oxygen atoms in total. The second-order valence-corrected chi connectivity index (χ2v) is 3.62. The number of likely N-dealkylation sites (N-methyl/N-ethyl adjacent to an activating group) is 1. The van der Waals surface area contributed by atoms with Gasteiger partial charge in [-0.3, -0.25) is 4.98 Å². The van der Waals surface area contributed by atoms with Crippen LogP contribution in [0, 0.1) is 6.92 Å². The summed E-state index contributed by atoms with van der Waals surface area (Å²) < 4.78 is 5.17. The Kier molecular flexibility index (Phi) is 3.26. The Labute approximate surface area is 93.9 Å². The Bertz CT molecular complexity index is 467. The molecule has 0 spiro atoms. The lowest BCUT2D eigenvalue weighted by molar-refractivity contribution is 0.422. The normalized spacial score (nSPS) is 10.6. The summed E-state index contributed by atoms with van der Waals surface area (Å²) in [5, 5.41) is 6.95. The number of hydrogen-bond donors (Lipinski definition) is 1. The second-order valence-electron chi connectivity index (χ2n) is 3.62. The van der Waals surface area contributed by atoms with Gasteiger partial charge in [-0.2, -0.15) is 4.98 Å². The molecule has 84 valence electrons. The molecule has 0 bridgehead atoms. The van der Waals surface area contributed by atoms with Crippen LogP contribution in [0.1, 0.15) is 11.4 Å². The van der Waals surface area contributed by atoms with Crippen molar-refractivity contribution in [3.8, 4) is 11.5 Å². The van der Waals surface area contributed by atoms with Gasteiger partial charge in [0.15, 0.2) is 5.82 Å². The van der Waals surface area contributed by atoms with E-state index in [-0.39, 0.29) is 0 Å². The van der Waals surface area contributed by atoms with Gasteiger partial charge in [0.05, 0.1) is 5.56 Å². The van der Waals surface area contributed by atoms with Crippen LogP contribution in [0.4, 0.5) is 0 Å². The molecule has 0 amide bonds. The summed E-state index contributed by atoms with van der Waals surface area (Å²) in [5.74, 6) is 1.24. The van der Waals surface area contributed by atoms with E-state index in [4.69, 9.17) is 4.52 Å². The Morgan fingerprint density at radius 2 is 2.25 bits per heavy atom. The van der Waals surface area contributed by atoms with Gasteiger partial charge in [-0.1, -0.05) is 5.16 Å². The van der Waals surface area contributed by atoms with E-state index in [1.54, 1.807) is 12.4 Å². The fourth-order valence-electron chi connectivity index (χ4n) is 1.38. The van der Waals surface area contributed by atoms with Gasteiger partial charge in [0.1, 0.15) is 0 Å². The fourth-order valence-corrected chi connectivity index (χ4v) is 1.38. The number of rotatable bonds is 4. The molecule has 16 heavy (non-hydrogen) atoms. The molecule has 5 heteroatoms. The van der Waals surface area contributed by atoms with E-state index in [9.17, 15) is 0 Å². The lowest BCUT2D eigenvalue weighted by atomic mass is 10.2. The van der Waals surface area contributed by atoms with Crippen molar-refractivity contribution < 1.29 is 4.52 Å². The Morgan fingerprint density at radius 3 is 3.00 bits per heavy atom. The number of nitrogens with one attached hydrogen (secondary N) is 1. The first-order valence-electron chi connectivity index (χ1n) is 5.19. The molecular formula is C11H14N4O. The minimum atomic E-state index is 0.530. The van der Waals surface area contributed by atoms with Crippen molar-refractivity contribution in [1.82, 2.24) is 20.4 Å². The summed E-state index contributed by atoms with van der Waals surface area (Å²) in [6, 6.07) is 1.97.